The Labute approximate surface area is 202 Å². The number of benzene rings is 2. The molecule has 0 saturated heterocycles. The van der Waals surface area contributed by atoms with E-state index in [1.807, 2.05) is 61.5 Å². The van der Waals surface area contributed by atoms with Crippen LogP contribution in [-0.4, -0.2) is 41.5 Å². The quantitative estimate of drug-likeness (QED) is 0.469. The summed E-state index contributed by atoms with van der Waals surface area (Å²) in [6.07, 6.45) is 1.97. The third-order valence-corrected chi connectivity index (χ3v) is 5.18. The molecule has 0 heterocycles. The van der Waals surface area contributed by atoms with Gasteiger partial charge in [0.2, 0.25) is 5.91 Å². The van der Waals surface area contributed by atoms with Crippen LogP contribution in [0, 0.1) is 6.92 Å². The predicted octanol–water partition coefficient (Wildman–Crippen LogP) is 5.22. The second kappa shape index (κ2) is 12.8. The van der Waals surface area contributed by atoms with Gasteiger partial charge in [-0.05, 0) is 51.3 Å². The molecule has 0 aliphatic rings. The molecule has 1 atom stereocenters. The van der Waals surface area contributed by atoms with Crippen LogP contribution < -0.4 is 10.6 Å². The molecule has 7 heteroatoms. The van der Waals surface area contributed by atoms with Crippen molar-refractivity contribution in [3.63, 3.8) is 0 Å². The fourth-order valence-corrected chi connectivity index (χ4v) is 3.52. The molecule has 0 spiro atoms. The Hall–Kier alpha value is -3.35. The van der Waals surface area contributed by atoms with Gasteiger partial charge in [-0.1, -0.05) is 68.3 Å². The third-order valence-electron chi connectivity index (χ3n) is 5.18. The molecule has 2 rings (SSSR count). The Kier molecular flexibility index (Phi) is 10.1. The summed E-state index contributed by atoms with van der Waals surface area (Å²) < 4.78 is 5.25. The van der Waals surface area contributed by atoms with E-state index in [0.29, 0.717) is 17.8 Å². The zero-order valence-corrected chi connectivity index (χ0v) is 20.9. The van der Waals surface area contributed by atoms with Crippen LogP contribution in [0.3, 0.4) is 0 Å². The number of carbonyl (C=O) groups excluding carboxylic acids is 3. The number of hydrogen-bond acceptors (Lipinski definition) is 4. The molecule has 0 saturated carbocycles. The molecule has 184 valence electrons. The minimum Gasteiger partial charge on any atom is -0.444 e. The molecule has 2 N–H and O–H groups in total. The van der Waals surface area contributed by atoms with Crippen molar-refractivity contribution in [3.8, 4) is 0 Å². The van der Waals surface area contributed by atoms with Gasteiger partial charge in [0.15, 0.2) is 0 Å². The van der Waals surface area contributed by atoms with Crippen LogP contribution in [0.5, 0.6) is 0 Å². The SMILES string of the molecule is CCCCCN(C(=O)CNC(=O)OC(C)(C)C)C(C(=O)Nc1ccccc1C)c1ccccc1. The van der Waals surface area contributed by atoms with Crippen molar-refractivity contribution in [1.82, 2.24) is 10.2 Å². The molecule has 0 aliphatic carbocycles. The van der Waals surface area contributed by atoms with E-state index in [1.54, 1.807) is 25.7 Å². The van der Waals surface area contributed by atoms with Crippen molar-refractivity contribution in [1.29, 1.82) is 0 Å². The van der Waals surface area contributed by atoms with Crippen LogP contribution >= 0.6 is 0 Å². The lowest BCUT2D eigenvalue weighted by molar-refractivity contribution is -0.138. The Balaban J connectivity index is 2.31. The minimum atomic E-state index is -0.842. The highest BCUT2D eigenvalue weighted by atomic mass is 16.6. The molecule has 0 bridgehead atoms. The summed E-state index contributed by atoms with van der Waals surface area (Å²) in [6, 6.07) is 15.9. The van der Waals surface area contributed by atoms with Gasteiger partial charge in [0.05, 0.1) is 0 Å². The second-order valence-electron chi connectivity index (χ2n) is 9.27. The van der Waals surface area contributed by atoms with Crippen molar-refractivity contribution >= 4 is 23.6 Å². The highest BCUT2D eigenvalue weighted by Gasteiger charge is 2.31. The average Bonchev–Trinajstić information content (AvgIpc) is 2.78. The van der Waals surface area contributed by atoms with Gasteiger partial charge in [0, 0.05) is 12.2 Å². The number of hydrogen-bond donors (Lipinski definition) is 2. The monoisotopic (exact) mass is 467 g/mol. The second-order valence-corrected chi connectivity index (χ2v) is 9.27. The largest absolute Gasteiger partial charge is 0.444 e. The van der Waals surface area contributed by atoms with E-state index < -0.39 is 17.7 Å². The standard InChI is InChI=1S/C27H37N3O4/c1-6-7-13-18-30(23(31)19-28-26(33)34-27(3,4)5)24(21-15-9-8-10-16-21)25(32)29-22-17-12-11-14-20(22)2/h8-12,14-17,24H,6-7,13,18-19H2,1-5H3,(H,28,33)(H,29,32). The maximum atomic E-state index is 13.6. The number of ether oxygens (including phenoxy) is 1. The summed E-state index contributed by atoms with van der Waals surface area (Å²) in [5.74, 6) is -0.654. The minimum absolute atomic E-state index is 0.262. The number of amides is 3. The molecular weight excluding hydrogens is 430 g/mol. The molecule has 7 nitrogen and oxygen atoms in total. The molecule has 2 aromatic carbocycles. The zero-order chi connectivity index (χ0) is 25.1. The fraction of sp³-hybridized carbons (Fsp3) is 0.444. The summed E-state index contributed by atoms with van der Waals surface area (Å²) >= 11 is 0. The third kappa shape index (κ3) is 8.54. The van der Waals surface area contributed by atoms with Gasteiger partial charge in [-0.15, -0.1) is 0 Å². The highest BCUT2D eigenvalue weighted by molar-refractivity contribution is 5.98. The summed E-state index contributed by atoms with van der Waals surface area (Å²) in [6.45, 7) is 9.40. The van der Waals surface area contributed by atoms with Crippen LogP contribution in [0.4, 0.5) is 10.5 Å². The summed E-state index contributed by atoms with van der Waals surface area (Å²) in [7, 11) is 0. The lowest BCUT2D eigenvalue weighted by Crippen LogP contribution is -2.47. The van der Waals surface area contributed by atoms with Crippen molar-refractivity contribution in [3.05, 3.63) is 65.7 Å². The van der Waals surface area contributed by atoms with Gasteiger partial charge in [0.1, 0.15) is 18.2 Å². The molecule has 0 fully saturated rings. The molecule has 0 radical (unpaired) electrons. The lowest BCUT2D eigenvalue weighted by atomic mass is 10.0. The number of unbranched alkanes of at least 4 members (excludes halogenated alkanes) is 2. The summed E-state index contributed by atoms with van der Waals surface area (Å²) in [4.78, 5) is 40.5. The van der Waals surface area contributed by atoms with Gasteiger partial charge in [-0.3, -0.25) is 9.59 Å². The Morgan fingerprint density at radius 3 is 2.24 bits per heavy atom. The molecule has 0 aromatic heterocycles. The first-order chi connectivity index (χ1) is 16.1. The van der Waals surface area contributed by atoms with Crippen molar-refractivity contribution in [2.75, 3.05) is 18.4 Å². The van der Waals surface area contributed by atoms with E-state index in [1.165, 1.54) is 0 Å². The van der Waals surface area contributed by atoms with E-state index in [0.717, 1.165) is 24.8 Å². The van der Waals surface area contributed by atoms with Crippen LogP contribution in [0.1, 0.15) is 64.1 Å². The average molecular weight is 468 g/mol. The summed E-state index contributed by atoms with van der Waals surface area (Å²) in [5.41, 5.74) is 1.66. The van der Waals surface area contributed by atoms with Crippen LogP contribution in [0.2, 0.25) is 0 Å². The van der Waals surface area contributed by atoms with E-state index >= 15 is 0 Å². The summed E-state index contributed by atoms with van der Waals surface area (Å²) in [5, 5.41) is 5.52. The Bertz CT molecular complexity index is 954. The van der Waals surface area contributed by atoms with Gasteiger partial charge >= 0.3 is 6.09 Å². The first kappa shape index (κ1) is 26.9. The van der Waals surface area contributed by atoms with Crippen LogP contribution in [0.25, 0.3) is 0 Å². The molecular formula is C27H37N3O4. The molecule has 2 aromatic rings. The van der Waals surface area contributed by atoms with Crippen molar-refractivity contribution in [2.24, 2.45) is 0 Å². The highest BCUT2D eigenvalue weighted by Crippen LogP contribution is 2.25. The smallest absolute Gasteiger partial charge is 0.408 e. The van der Waals surface area contributed by atoms with Gasteiger partial charge in [0.25, 0.3) is 5.91 Å². The molecule has 34 heavy (non-hydrogen) atoms. The topological polar surface area (TPSA) is 87.7 Å². The zero-order valence-electron chi connectivity index (χ0n) is 20.9. The van der Waals surface area contributed by atoms with Gasteiger partial charge in [-0.2, -0.15) is 0 Å². The normalized spacial score (nSPS) is 11.9. The Morgan fingerprint density at radius 1 is 0.971 bits per heavy atom. The van der Waals surface area contributed by atoms with Crippen LogP contribution in [0.15, 0.2) is 54.6 Å². The maximum absolute atomic E-state index is 13.6. The number of nitrogens with one attached hydrogen (secondary N) is 2. The number of alkyl carbamates (subject to hydrolysis) is 1. The number of aryl methyl sites for hydroxylation is 1. The fourth-order valence-electron chi connectivity index (χ4n) is 3.52. The van der Waals surface area contributed by atoms with E-state index in [2.05, 4.69) is 17.6 Å². The first-order valence-corrected chi connectivity index (χ1v) is 11.8. The van der Waals surface area contributed by atoms with E-state index in [4.69, 9.17) is 4.74 Å². The molecule has 1 unspecified atom stereocenters. The number of carbonyl (C=O) groups is 3. The number of para-hydroxylation sites is 1. The van der Waals surface area contributed by atoms with Crippen LogP contribution in [-0.2, 0) is 14.3 Å². The predicted molar refractivity (Wildman–Crippen MR) is 134 cm³/mol. The van der Waals surface area contributed by atoms with Crippen molar-refractivity contribution in [2.45, 2.75) is 65.5 Å². The van der Waals surface area contributed by atoms with Gasteiger partial charge in [-0.25, -0.2) is 4.79 Å². The van der Waals surface area contributed by atoms with Gasteiger partial charge < -0.3 is 20.3 Å². The Morgan fingerprint density at radius 2 is 1.62 bits per heavy atom. The molecule has 0 aliphatic heterocycles. The van der Waals surface area contributed by atoms with Crippen molar-refractivity contribution < 1.29 is 19.1 Å². The maximum Gasteiger partial charge on any atom is 0.408 e. The number of nitrogens with zero attached hydrogens (tertiary/aromatic N) is 1. The lowest BCUT2D eigenvalue weighted by Gasteiger charge is -2.32. The first-order valence-electron chi connectivity index (χ1n) is 11.8. The molecule has 3 amide bonds. The van der Waals surface area contributed by atoms with E-state index in [9.17, 15) is 14.4 Å². The number of anilines is 1. The number of rotatable bonds is 10. The van der Waals surface area contributed by atoms with E-state index in [-0.39, 0.29) is 18.4 Å².